The van der Waals surface area contributed by atoms with E-state index in [0.29, 0.717) is 12.1 Å². The molecule has 0 amide bonds. The zero-order valence-electron chi connectivity index (χ0n) is 9.99. The Kier molecular flexibility index (Phi) is 3.80. The number of nitrogens with one attached hydrogen (secondary N) is 2. The van der Waals surface area contributed by atoms with Gasteiger partial charge in [0.25, 0.3) is 0 Å². The highest BCUT2D eigenvalue weighted by molar-refractivity contribution is 5.35. The Labute approximate surface area is 97.2 Å². The van der Waals surface area contributed by atoms with Gasteiger partial charge in [-0.1, -0.05) is 18.2 Å². The van der Waals surface area contributed by atoms with E-state index < -0.39 is 0 Å². The molecule has 88 valence electrons. The molecule has 1 saturated heterocycles. The summed E-state index contributed by atoms with van der Waals surface area (Å²) < 4.78 is 5.38. The third-order valence-electron chi connectivity index (χ3n) is 3.15. The van der Waals surface area contributed by atoms with Gasteiger partial charge in [0.2, 0.25) is 0 Å². The summed E-state index contributed by atoms with van der Waals surface area (Å²) in [4.78, 5) is 0. The van der Waals surface area contributed by atoms with Gasteiger partial charge in [-0.3, -0.25) is 0 Å². The lowest BCUT2D eigenvalue weighted by atomic mass is 10.1. The molecular formula is C13H20N2O. The average Bonchev–Trinajstić information content (AvgIpc) is 2.81. The van der Waals surface area contributed by atoms with Gasteiger partial charge in [-0.15, -0.1) is 0 Å². The fourth-order valence-corrected chi connectivity index (χ4v) is 2.26. The van der Waals surface area contributed by atoms with E-state index in [0.717, 1.165) is 18.8 Å². The van der Waals surface area contributed by atoms with Crippen molar-refractivity contribution in [2.75, 3.05) is 20.2 Å². The topological polar surface area (TPSA) is 33.3 Å². The van der Waals surface area contributed by atoms with Crippen LogP contribution in [0.2, 0.25) is 0 Å². The summed E-state index contributed by atoms with van der Waals surface area (Å²) in [6, 6.07) is 9.12. The predicted octanol–water partition coefficient (Wildman–Crippen LogP) is 1.71. The van der Waals surface area contributed by atoms with Crippen molar-refractivity contribution in [3.8, 4) is 5.75 Å². The van der Waals surface area contributed by atoms with Gasteiger partial charge < -0.3 is 15.4 Å². The standard InChI is InChI=1S/C13H20N2O/c1-10(15-11-7-8-14-9-11)12-5-3-4-6-13(12)16-2/h3-6,10-11,14-15H,7-9H2,1-2H3/t10-,11?/m1/s1. The first-order valence-electron chi connectivity index (χ1n) is 5.91. The van der Waals surface area contributed by atoms with Crippen LogP contribution in [0.3, 0.4) is 0 Å². The minimum Gasteiger partial charge on any atom is -0.496 e. The number of para-hydroxylation sites is 1. The highest BCUT2D eigenvalue weighted by Crippen LogP contribution is 2.24. The predicted molar refractivity (Wildman–Crippen MR) is 65.8 cm³/mol. The van der Waals surface area contributed by atoms with Crippen LogP contribution >= 0.6 is 0 Å². The molecule has 1 unspecified atom stereocenters. The second kappa shape index (κ2) is 5.32. The van der Waals surface area contributed by atoms with Gasteiger partial charge in [0.05, 0.1) is 7.11 Å². The SMILES string of the molecule is COc1ccccc1[C@@H](C)NC1CCNC1. The molecule has 0 radical (unpaired) electrons. The zero-order chi connectivity index (χ0) is 11.4. The quantitative estimate of drug-likeness (QED) is 0.810. The maximum atomic E-state index is 5.38. The number of hydrogen-bond acceptors (Lipinski definition) is 3. The summed E-state index contributed by atoms with van der Waals surface area (Å²) in [5, 5.41) is 6.99. The van der Waals surface area contributed by atoms with Crippen LogP contribution in [0.1, 0.15) is 24.9 Å². The van der Waals surface area contributed by atoms with E-state index in [1.165, 1.54) is 12.0 Å². The number of benzene rings is 1. The molecule has 1 aliphatic heterocycles. The molecule has 0 spiro atoms. The van der Waals surface area contributed by atoms with Crippen LogP contribution in [0.5, 0.6) is 5.75 Å². The number of hydrogen-bond donors (Lipinski definition) is 2. The molecule has 1 aromatic carbocycles. The van der Waals surface area contributed by atoms with Crippen LogP contribution in [-0.4, -0.2) is 26.2 Å². The first-order chi connectivity index (χ1) is 7.81. The molecule has 1 fully saturated rings. The molecule has 2 N–H and O–H groups in total. The van der Waals surface area contributed by atoms with Crippen LogP contribution < -0.4 is 15.4 Å². The lowest BCUT2D eigenvalue weighted by molar-refractivity contribution is 0.395. The third kappa shape index (κ3) is 2.54. The Morgan fingerprint density at radius 3 is 2.94 bits per heavy atom. The number of methoxy groups -OCH3 is 1. The summed E-state index contributed by atoms with van der Waals surface area (Å²) >= 11 is 0. The van der Waals surface area contributed by atoms with Crippen LogP contribution in [0, 0.1) is 0 Å². The van der Waals surface area contributed by atoms with Crippen molar-refractivity contribution in [3.63, 3.8) is 0 Å². The van der Waals surface area contributed by atoms with Crippen molar-refractivity contribution < 1.29 is 4.74 Å². The van der Waals surface area contributed by atoms with E-state index in [1.807, 2.05) is 12.1 Å². The van der Waals surface area contributed by atoms with Crippen molar-refractivity contribution >= 4 is 0 Å². The van der Waals surface area contributed by atoms with E-state index in [4.69, 9.17) is 4.74 Å². The van der Waals surface area contributed by atoms with E-state index in [-0.39, 0.29) is 0 Å². The summed E-state index contributed by atoms with van der Waals surface area (Å²) in [6.45, 7) is 4.38. The fourth-order valence-electron chi connectivity index (χ4n) is 2.26. The van der Waals surface area contributed by atoms with Gasteiger partial charge in [0.1, 0.15) is 5.75 Å². The molecule has 1 aliphatic rings. The smallest absolute Gasteiger partial charge is 0.123 e. The second-order valence-electron chi connectivity index (χ2n) is 4.32. The van der Waals surface area contributed by atoms with E-state index >= 15 is 0 Å². The average molecular weight is 220 g/mol. The van der Waals surface area contributed by atoms with E-state index in [9.17, 15) is 0 Å². The molecule has 0 bridgehead atoms. The van der Waals surface area contributed by atoms with Gasteiger partial charge in [-0.05, 0) is 26.0 Å². The Bertz CT molecular complexity index is 334. The van der Waals surface area contributed by atoms with Crippen molar-refractivity contribution in [2.24, 2.45) is 0 Å². The number of ether oxygens (including phenoxy) is 1. The van der Waals surface area contributed by atoms with Crippen molar-refractivity contribution in [3.05, 3.63) is 29.8 Å². The molecule has 2 atom stereocenters. The molecular weight excluding hydrogens is 200 g/mol. The van der Waals surface area contributed by atoms with Gasteiger partial charge in [0.15, 0.2) is 0 Å². The van der Waals surface area contributed by atoms with Crippen LogP contribution in [0.15, 0.2) is 24.3 Å². The Balaban J connectivity index is 2.04. The second-order valence-corrected chi connectivity index (χ2v) is 4.32. The normalized spacial score (nSPS) is 22.0. The highest BCUT2D eigenvalue weighted by Gasteiger charge is 2.18. The summed E-state index contributed by atoms with van der Waals surface area (Å²) in [6.07, 6.45) is 1.21. The molecule has 0 aliphatic carbocycles. The minimum absolute atomic E-state index is 0.334. The molecule has 16 heavy (non-hydrogen) atoms. The zero-order valence-corrected chi connectivity index (χ0v) is 9.99. The van der Waals surface area contributed by atoms with Crippen molar-refractivity contribution in [1.29, 1.82) is 0 Å². The number of rotatable bonds is 4. The molecule has 1 heterocycles. The van der Waals surface area contributed by atoms with Crippen molar-refractivity contribution in [1.82, 2.24) is 10.6 Å². The first-order valence-corrected chi connectivity index (χ1v) is 5.91. The maximum absolute atomic E-state index is 5.38. The lowest BCUT2D eigenvalue weighted by Crippen LogP contribution is -2.33. The lowest BCUT2D eigenvalue weighted by Gasteiger charge is -2.20. The van der Waals surface area contributed by atoms with E-state index in [2.05, 4.69) is 29.7 Å². The van der Waals surface area contributed by atoms with Crippen molar-refractivity contribution in [2.45, 2.75) is 25.4 Å². The largest absolute Gasteiger partial charge is 0.496 e. The van der Waals surface area contributed by atoms with Crippen LogP contribution in [0.25, 0.3) is 0 Å². The summed E-state index contributed by atoms with van der Waals surface area (Å²) in [5.74, 6) is 0.966. The Morgan fingerprint density at radius 2 is 2.25 bits per heavy atom. The van der Waals surface area contributed by atoms with Gasteiger partial charge in [-0.25, -0.2) is 0 Å². The molecule has 0 aromatic heterocycles. The maximum Gasteiger partial charge on any atom is 0.123 e. The van der Waals surface area contributed by atoms with Gasteiger partial charge >= 0.3 is 0 Å². The minimum atomic E-state index is 0.334. The fraction of sp³-hybridized carbons (Fsp3) is 0.538. The van der Waals surface area contributed by atoms with Gasteiger partial charge in [0, 0.05) is 24.2 Å². The van der Waals surface area contributed by atoms with E-state index in [1.54, 1.807) is 7.11 Å². The molecule has 1 aromatic rings. The third-order valence-corrected chi connectivity index (χ3v) is 3.15. The molecule has 0 saturated carbocycles. The molecule has 2 rings (SSSR count). The monoisotopic (exact) mass is 220 g/mol. The molecule has 3 nitrogen and oxygen atoms in total. The first kappa shape index (κ1) is 11.4. The summed E-state index contributed by atoms with van der Waals surface area (Å²) in [5.41, 5.74) is 1.23. The molecule has 3 heteroatoms. The Hall–Kier alpha value is -1.06. The van der Waals surface area contributed by atoms with Gasteiger partial charge in [-0.2, -0.15) is 0 Å². The van der Waals surface area contributed by atoms with Crippen LogP contribution in [0.4, 0.5) is 0 Å². The summed E-state index contributed by atoms with van der Waals surface area (Å²) in [7, 11) is 1.72. The highest BCUT2D eigenvalue weighted by atomic mass is 16.5. The van der Waals surface area contributed by atoms with Crippen LogP contribution in [-0.2, 0) is 0 Å². The Morgan fingerprint density at radius 1 is 1.44 bits per heavy atom.